The smallest absolute Gasteiger partial charge is 0.243 e. The Morgan fingerprint density at radius 1 is 1.21 bits per heavy atom. The summed E-state index contributed by atoms with van der Waals surface area (Å²) < 4.78 is 0. The van der Waals surface area contributed by atoms with Gasteiger partial charge in [0.25, 0.3) is 0 Å². The fourth-order valence-electron chi connectivity index (χ4n) is 3.97. The van der Waals surface area contributed by atoms with Gasteiger partial charge in [0, 0.05) is 18.8 Å². The monoisotopic (exact) mass is 490 g/mol. The van der Waals surface area contributed by atoms with E-state index in [9.17, 15) is 14.4 Å². The van der Waals surface area contributed by atoms with Crippen molar-refractivity contribution in [3.05, 3.63) is 35.9 Å². The summed E-state index contributed by atoms with van der Waals surface area (Å²) >= 11 is 1.17. The van der Waals surface area contributed by atoms with Gasteiger partial charge in [-0.3, -0.25) is 19.4 Å². The zero-order chi connectivity index (χ0) is 25.1. The molecule has 188 valence electrons. The van der Waals surface area contributed by atoms with Gasteiger partial charge in [-0.25, -0.2) is 0 Å². The van der Waals surface area contributed by atoms with Gasteiger partial charge in [0.2, 0.25) is 16.9 Å². The van der Waals surface area contributed by atoms with Crippen LogP contribution in [0.1, 0.15) is 51.5 Å². The summed E-state index contributed by atoms with van der Waals surface area (Å²) in [5.74, 6) is 0.257. The lowest BCUT2D eigenvalue weighted by Crippen LogP contribution is -2.53. The predicted molar refractivity (Wildman–Crippen MR) is 137 cm³/mol. The maximum atomic E-state index is 13.2. The van der Waals surface area contributed by atoms with Crippen LogP contribution in [0, 0.1) is 5.92 Å². The number of thioether (sulfide) groups is 1. The van der Waals surface area contributed by atoms with Crippen LogP contribution in [0.15, 0.2) is 35.3 Å². The number of likely N-dealkylation sites (tertiary alicyclic amines) is 1. The molecule has 10 heteroatoms. The normalized spacial score (nSPS) is 17.3. The van der Waals surface area contributed by atoms with Crippen LogP contribution in [0.3, 0.4) is 0 Å². The molecule has 2 rings (SSSR count). The first-order valence-corrected chi connectivity index (χ1v) is 12.8. The van der Waals surface area contributed by atoms with E-state index in [4.69, 9.17) is 17.2 Å². The van der Waals surface area contributed by atoms with Gasteiger partial charge in [0.05, 0.1) is 12.1 Å². The number of aliphatic imine (C=N–C) groups is 1. The summed E-state index contributed by atoms with van der Waals surface area (Å²) in [4.78, 5) is 44.6. The molecule has 1 aliphatic heterocycles. The van der Waals surface area contributed by atoms with Crippen LogP contribution in [0.5, 0.6) is 0 Å². The van der Waals surface area contributed by atoms with Gasteiger partial charge < -0.3 is 27.4 Å². The number of amides is 2. The van der Waals surface area contributed by atoms with Crippen molar-refractivity contribution in [2.24, 2.45) is 28.1 Å². The number of carbonyl (C=O) groups is 3. The topological polar surface area (TPSA) is 157 Å². The van der Waals surface area contributed by atoms with Crippen molar-refractivity contribution in [1.82, 2.24) is 10.2 Å². The molecule has 7 N–H and O–H groups in total. The highest BCUT2D eigenvalue weighted by molar-refractivity contribution is 8.13. The molecule has 0 aromatic heterocycles. The Balaban J connectivity index is 2.03. The van der Waals surface area contributed by atoms with E-state index in [-0.39, 0.29) is 28.8 Å². The molecule has 0 spiro atoms. The molecule has 1 aromatic carbocycles. The zero-order valence-corrected chi connectivity index (χ0v) is 20.9. The molecule has 0 radical (unpaired) electrons. The summed E-state index contributed by atoms with van der Waals surface area (Å²) in [6.07, 6.45) is 2.78. The van der Waals surface area contributed by atoms with Crippen LogP contribution in [0.2, 0.25) is 0 Å². The summed E-state index contributed by atoms with van der Waals surface area (Å²) in [6.45, 7) is 4.87. The highest BCUT2D eigenvalue weighted by Gasteiger charge is 2.37. The van der Waals surface area contributed by atoms with Crippen molar-refractivity contribution in [3.8, 4) is 0 Å². The number of guanidine groups is 1. The Hall–Kier alpha value is -2.59. The molecule has 3 atom stereocenters. The number of rotatable bonds is 12. The summed E-state index contributed by atoms with van der Waals surface area (Å²) in [7, 11) is 0. The molecule has 1 saturated heterocycles. The van der Waals surface area contributed by atoms with Crippen LogP contribution in [0.4, 0.5) is 0 Å². The zero-order valence-electron chi connectivity index (χ0n) is 20.1. The third-order valence-corrected chi connectivity index (χ3v) is 6.70. The molecule has 34 heavy (non-hydrogen) atoms. The van der Waals surface area contributed by atoms with Crippen molar-refractivity contribution in [2.45, 2.75) is 69.8 Å². The highest BCUT2D eigenvalue weighted by Crippen LogP contribution is 2.21. The molecule has 0 bridgehead atoms. The first-order chi connectivity index (χ1) is 16.2. The van der Waals surface area contributed by atoms with E-state index in [1.54, 1.807) is 4.90 Å². The SMILES string of the molecule is CC(C)C[C@@H](N)C(=O)N1CCC[C@H]1C(=O)N[C@@H](CCCN=C(N)N)C(=O)SCc1ccccc1. The van der Waals surface area contributed by atoms with Gasteiger partial charge in [0.1, 0.15) is 6.04 Å². The molecular weight excluding hydrogens is 452 g/mol. The molecule has 1 fully saturated rings. The van der Waals surface area contributed by atoms with Crippen LogP contribution >= 0.6 is 11.8 Å². The average Bonchev–Trinajstić information content (AvgIpc) is 3.29. The Morgan fingerprint density at radius 3 is 2.56 bits per heavy atom. The van der Waals surface area contributed by atoms with E-state index in [0.29, 0.717) is 44.5 Å². The number of hydrogen-bond acceptors (Lipinski definition) is 6. The van der Waals surface area contributed by atoms with E-state index in [1.165, 1.54) is 11.8 Å². The van der Waals surface area contributed by atoms with Gasteiger partial charge in [0.15, 0.2) is 5.96 Å². The fraction of sp³-hybridized carbons (Fsp3) is 0.583. The Labute approximate surface area is 206 Å². The lowest BCUT2D eigenvalue weighted by atomic mass is 10.0. The van der Waals surface area contributed by atoms with E-state index in [2.05, 4.69) is 10.3 Å². The van der Waals surface area contributed by atoms with Gasteiger partial charge in [-0.1, -0.05) is 55.9 Å². The second-order valence-electron chi connectivity index (χ2n) is 9.03. The number of nitrogens with two attached hydrogens (primary N) is 3. The summed E-state index contributed by atoms with van der Waals surface area (Å²) in [5.41, 5.74) is 17.9. The number of benzene rings is 1. The standard InChI is InChI=1S/C24H38N6O3S/c1-16(2)14-18(25)22(32)30-13-7-11-20(30)21(31)29-19(10-6-12-28-24(26)27)23(33)34-15-17-8-4-3-5-9-17/h3-5,8-9,16,18-20H,6-7,10-15,25H2,1-2H3,(H,29,31)(H4,26,27,28)/t18-,19+,20+/m1/s1. The molecular formula is C24H38N6O3S. The number of hydrogen-bond donors (Lipinski definition) is 4. The van der Waals surface area contributed by atoms with Crippen molar-refractivity contribution >= 4 is 34.7 Å². The number of nitrogens with one attached hydrogen (secondary N) is 1. The maximum Gasteiger partial charge on any atom is 0.243 e. The molecule has 1 aliphatic rings. The number of carbonyl (C=O) groups excluding carboxylic acids is 3. The minimum atomic E-state index is -0.697. The highest BCUT2D eigenvalue weighted by atomic mass is 32.2. The van der Waals surface area contributed by atoms with Crippen LogP contribution in [0.25, 0.3) is 0 Å². The fourth-order valence-corrected chi connectivity index (χ4v) is 4.85. The lowest BCUT2D eigenvalue weighted by Gasteiger charge is -2.28. The second-order valence-corrected chi connectivity index (χ2v) is 10.0. The van der Waals surface area contributed by atoms with Gasteiger partial charge in [-0.2, -0.15) is 0 Å². The molecule has 0 saturated carbocycles. The second kappa shape index (κ2) is 14.0. The van der Waals surface area contributed by atoms with Crippen molar-refractivity contribution in [1.29, 1.82) is 0 Å². The number of nitrogens with zero attached hydrogens (tertiary/aromatic N) is 2. The summed E-state index contributed by atoms with van der Waals surface area (Å²) in [5, 5.41) is 2.76. The van der Waals surface area contributed by atoms with Crippen LogP contribution < -0.4 is 22.5 Å². The molecule has 9 nitrogen and oxygen atoms in total. The predicted octanol–water partition coefficient (Wildman–Crippen LogP) is 1.35. The van der Waals surface area contributed by atoms with Crippen molar-refractivity contribution < 1.29 is 14.4 Å². The first kappa shape index (κ1) is 27.7. The average molecular weight is 491 g/mol. The Bertz CT molecular complexity index is 844. The third-order valence-electron chi connectivity index (χ3n) is 5.65. The molecule has 2 amide bonds. The van der Waals surface area contributed by atoms with E-state index < -0.39 is 18.1 Å². The maximum absolute atomic E-state index is 13.2. The van der Waals surface area contributed by atoms with E-state index >= 15 is 0 Å². The first-order valence-electron chi connectivity index (χ1n) is 11.8. The Morgan fingerprint density at radius 2 is 1.91 bits per heavy atom. The molecule has 0 aliphatic carbocycles. The van der Waals surface area contributed by atoms with E-state index in [1.807, 2.05) is 44.2 Å². The van der Waals surface area contributed by atoms with Gasteiger partial charge >= 0.3 is 0 Å². The van der Waals surface area contributed by atoms with Crippen LogP contribution in [-0.4, -0.2) is 59.0 Å². The summed E-state index contributed by atoms with van der Waals surface area (Å²) in [6, 6.07) is 7.73. The van der Waals surface area contributed by atoms with Crippen LogP contribution in [-0.2, 0) is 20.1 Å². The van der Waals surface area contributed by atoms with Gasteiger partial charge in [-0.15, -0.1) is 0 Å². The minimum Gasteiger partial charge on any atom is -0.370 e. The molecule has 1 heterocycles. The van der Waals surface area contributed by atoms with Crippen molar-refractivity contribution in [3.63, 3.8) is 0 Å². The van der Waals surface area contributed by atoms with E-state index in [0.717, 1.165) is 12.0 Å². The lowest BCUT2D eigenvalue weighted by molar-refractivity contribution is -0.140. The molecule has 0 unspecified atom stereocenters. The molecule has 1 aromatic rings. The quantitative estimate of drug-likeness (QED) is 0.196. The Kier molecular flexibility index (Phi) is 11.4. The third kappa shape index (κ3) is 8.98. The van der Waals surface area contributed by atoms with Crippen molar-refractivity contribution in [2.75, 3.05) is 13.1 Å². The minimum absolute atomic E-state index is 0.0109. The largest absolute Gasteiger partial charge is 0.370 e. The van der Waals surface area contributed by atoms with Gasteiger partial charge in [-0.05, 0) is 43.6 Å².